The summed E-state index contributed by atoms with van der Waals surface area (Å²) in [5, 5.41) is 13.5. The molecule has 1 unspecified atom stereocenters. The predicted octanol–water partition coefficient (Wildman–Crippen LogP) is 1.99. The minimum Gasteiger partial charge on any atom is -0.343 e. The van der Waals surface area contributed by atoms with Gasteiger partial charge in [-0.1, -0.05) is 0 Å². The Morgan fingerprint density at radius 2 is 1.62 bits per heavy atom. The fraction of sp³-hybridized carbons (Fsp3) is 0.583. The van der Waals surface area contributed by atoms with Gasteiger partial charge in [-0.15, -0.1) is 15.3 Å². The van der Waals surface area contributed by atoms with E-state index in [-0.39, 0.29) is 11.9 Å². The Bertz CT molecular complexity index is 1210. The fourth-order valence-electron chi connectivity index (χ4n) is 5.30. The van der Waals surface area contributed by atoms with E-state index in [0.717, 1.165) is 68.6 Å². The molecular weight excluding hydrogens is 430 g/mol. The average Bonchev–Trinajstić information content (AvgIpc) is 3.82. The molecule has 0 N–H and O–H groups in total. The van der Waals surface area contributed by atoms with E-state index in [9.17, 15) is 4.79 Å². The summed E-state index contributed by atoms with van der Waals surface area (Å²) >= 11 is 0. The van der Waals surface area contributed by atoms with Gasteiger partial charge in [-0.3, -0.25) is 4.79 Å². The van der Waals surface area contributed by atoms with Crippen LogP contribution in [0.3, 0.4) is 0 Å². The molecule has 3 aromatic heterocycles. The minimum absolute atomic E-state index is 0.161. The molecule has 5 heterocycles. The van der Waals surface area contributed by atoms with Gasteiger partial charge in [-0.2, -0.15) is 4.52 Å². The summed E-state index contributed by atoms with van der Waals surface area (Å²) < 4.78 is 1.88. The standard InChI is InChI=1S/C24H29N9O/c34-23(30-10-12-31(13-11-30)24-25-14-18(15-26-24)16-3-4-16)19-2-1-9-32(19)21-8-7-20-27-28-22(17-5-6-17)33(20)29-21/h7-8,14-17,19H,1-6,9-13H2. The Morgan fingerprint density at radius 3 is 2.35 bits per heavy atom. The quantitative estimate of drug-likeness (QED) is 0.572. The van der Waals surface area contributed by atoms with E-state index in [4.69, 9.17) is 5.10 Å². The highest BCUT2D eigenvalue weighted by molar-refractivity contribution is 5.86. The number of piperazine rings is 1. The highest BCUT2D eigenvalue weighted by Crippen LogP contribution is 2.40. The molecule has 1 amide bonds. The van der Waals surface area contributed by atoms with E-state index < -0.39 is 0 Å². The zero-order valence-corrected chi connectivity index (χ0v) is 19.3. The molecule has 2 aliphatic heterocycles. The molecule has 0 radical (unpaired) electrons. The third-order valence-corrected chi connectivity index (χ3v) is 7.63. The lowest BCUT2D eigenvalue weighted by Gasteiger charge is -2.37. The Kier molecular flexibility index (Phi) is 4.66. The van der Waals surface area contributed by atoms with Crippen LogP contribution in [0.2, 0.25) is 0 Å². The van der Waals surface area contributed by atoms with Gasteiger partial charge in [0.25, 0.3) is 0 Å². The number of fused-ring (bicyclic) bond motifs is 1. The highest BCUT2D eigenvalue weighted by Gasteiger charge is 2.37. The molecule has 4 fully saturated rings. The van der Waals surface area contributed by atoms with Gasteiger partial charge < -0.3 is 14.7 Å². The lowest BCUT2D eigenvalue weighted by molar-refractivity contribution is -0.132. The molecule has 10 heteroatoms. The normalized spacial score (nSPS) is 23.2. The van der Waals surface area contributed by atoms with Crippen molar-refractivity contribution < 1.29 is 4.79 Å². The van der Waals surface area contributed by atoms with Crippen molar-refractivity contribution in [3.8, 4) is 0 Å². The molecule has 2 aliphatic carbocycles. The Morgan fingerprint density at radius 1 is 0.853 bits per heavy atom. The molecule has 2 saturated heterocycles. The van der Waals surface area contributed by atoms with Gasteiger partial charge in [0, 0.05) is 51.0 Å². The zero-order chi connectivity index (χ0) is 22.6. The van der Waals surface area contributed by atoms with Crippen LogP contribution in [0.15, 0.2) is 24.5 Å². The highest BCUT2D eigenvalue weighted by atomic mass is 16.2. The first kappa shape index (κ1) is 20.1. The topological polar surface area (TPSA) is 95.6 Å². The van der Waals surface area contributed by atoms with Gasteiger partial charge in [0.15, 0.2) is 11.5 Å². The van der Waals surface area contributed by atoms with Crippen molar-refractivity contribution in [1.29, 1.82) is 0 Å². The van der Waals surface area contributed by atoms with Gasteiger partial charge in [-0.25, -0.2) is 9.97 Å². The number of aromatic nitrogens is 6. The summed E-state index contributed by atoms with van der Waals surface area (Å²) in [6.07, 6.45) is 10.6. The predicted molar refractivity (Wildman–Crippen MR) is 126 cm³/mol. The zero-order valence-electron chi connectivity index (χ0n) is 19.3. The SMILES string of the molecule is O=C(C1CCCN1c1ccc2nnc(C3CC3)n2n1)N1CCN(c2ncc(C3CC3)cn2)CC1. The lowest BCUT2D eigenvalue weighted by Crippen LogP contribution is -2.54. The second-order valence-corrected chi connectivity index (χ2v) is 10.0. The monoisotopic (exact) mass is 459 g/mol. The molecule has 0 spiro atoms. The molecule has 10 nitrogen and oxygen atoms in total. The molecule has 176 valence electrons. The second-order valence-electron chi connectivity index (χ2n) is 10.0. The van der Waals surface area contributed by atoms with Crippen molar-refractivity contribution >= 4 is 23.3 Å². The largest absolute Gasteiger partial charge is 0.343 e. The molecule has 3 aromatic rings. The number of hydrogen-bond acceptors (Lipinski definition) is 8. The number of nitrogens with zero attached hydrogens (tertiary/aromatic N) is 9. The molecule has 1 atom stereocenters. The Balaban J connectivity index is 1.03. The van der Waals surface area contributed by atoms with Crippen LogP contribution < -0.4 is 9.80 Å². The molecular formula is C24H29N9O. The second kappa shape index (κ2) is 7.89. The summed E-state index contributed by atoms with van der Waals surface area (Å²) in [4.78, 5) is 29.1. The molecule has 7 rings (SSSR count). The van der Waals surface area contributed by atoms with Gasteiger partial charge in [0.1, 0.15) is 11.9 Å². The third-order valence-electron chi connectivity index (χ3n) is 7.63. The maximum atomic E-state index is 13.5. The first-order valence-electron chi connectivity index (χ1n) is 12.6. The number of carbonyl (C=O) groups is 1. The number of carbonyl (C=O) groups excluding carboxylic acids is 1. The number of amides is 1. The van der Waals surface area contributed by atoms with Crippen LogP contribution in [0, 0.1) is 0 Å². The first-order valence-corrected chi connectivity index (χ1v) is 12.6. The van der Waals surface area contributed by atoms with E-state index >= 15 is 0 Å². The van der Waals surface area contributed by atoms with Crippen LogP contribution in [-0.4, -0.2) is 79.4 Å². The lowest BCUT2D eigenvalue weighted by atomic mass is 10.1. The smallest absolute Gasteiger partial charge is 0.245 e. The van der Waals surface area contributed by atoms with Crippen LogP contribution in [0.25, 0.3) is 5.65 Å². The van der Waals surface area contributed by atoms with Gasteiger partial charge in [0.2, 0.25) is 11.9 Å². The summed E-state index contributed by atoms with van der Waals surface area (Å²) in [6.45, 7) is 3.76. The van der Waals surface area contributed by atoms with E-state index in [1.807, 2.05) is 33.9 Å². The Labute approximate surface area is 198 Å². The number of rotatable bonds is 5. The van der Waals surface area contributed by atoms with Crippen LogP contribution in [0.1, 0.15) is 61.7 Å². The maximum absolute atomic E-state index is 13.5. The molecule has 2 saturated carbocycles. The first-order chi connectivity index (χ1) is 16.7. The number of anilines is 2. The van der Waals surface area contributed by atoms with Crippen LogP contribution in [0.4, 0.5) is 11.8 Å². The van der Waals surface area contributed by atoms with E-state index in [2.05, 4.69) is 30.0 Å². The fourth-order valence-corrected chi connectivity index (χ4v) is 5.30. The summed E-state index contributed by atoms with van der Waals surface area (Å²) in [6, 6.07) is 3.78. The van der Waals surface area contributed by atoms with Crippen LogP contribution >= 0.6 is 0 Å². The molecule has 34 heavy (non-hydrogen) atoms. The van der Waals surface area contributed by atoms with E-state index in [0.29, 0.717) is 24.9 Å². The van der Waals surface area contributed by atoms with Gasteiger partial charge in [-0.05, 0) is 62.1 Å². The van der Waals surface area contributed by atoms with Crippen molar-refractivity contribution in [3.63, 3.8) is 0 Å². The van der Waals surface area contributed by atoms with Crippen molar-refractivity contribution in [2.24, 2.45) is 0 Å². The molecule has 0 bridgehead atoms. The van der Waals surface area contributed by atoms with Crippen LogP contribution in [-0.2, 0) is 4.79 Å². The van der Waals surface area contributed by atoms with Gasteiger partial charge >= 0.3 is 0 Å². The number of hydrogen-bond donors (Lipinski definition) is 0. The third kappa shape index (κ3) is 3.56. The van der Waals surface area contributed by atoms with Crippen molar-refractivity contribution in [2.45, 2.75) is 56.4 Å². The average molecular weight is 460 g/mol. The molecule has 4 aliphatic rings. The van der Waals surface area contributed by atoms with Crippen molar-refractivity contribution in [3.05, 3.63) is 35.9 Å². The van der Waals surface area contributed by atoms with Crippen molar-refractivity contribution in [1.82, 2.24) is 34.7 Å². The minimum atomic E-state index is -0.161. The van der Waals surface area contributed by atoms with Crippen molar-refractivity contribution in [2.75, 3.05) is 42.5 Å². The summed E-state index contributed by atoms with van der Waals surface area (Å²) in [5.74, 6) is 3.90. The van der Waals surface area contributed by atoms with E-state index in [1.54, 1.807) is 0 Å². The molecule has 0 aromatic carbocycles. The maximum Gasteiger partial charge on any atom is 0.245 e. The summed E-state index contributed by atoms with van der Waals surface area (Å²) in [7, 11) is 0. The van der Waals surface area contributed by atoms with E-state index in [1.165, 1.54) is 18.4 Å². The Hall–Kier alpha value is -3.30. The summed E-state index contributed by atoms with van der Waals surface area (Å²) in [5.41, 5.74) is 2.03. The van der Waals surface area contributed by atoms with Gasteiger partial charge in [0.05, 0.1) is 0 Å². The van der Waals surface area contributed by atoms with Crippen LogP contribution in [0.5, 0.6) is 0 Å².